The Morgan fingerprint density at radius 1 is 1.28 bits per heavy atom. The van der Waals surface area contributed by atoms with Crippen molar-refractivity contribution in [3.05, 3.63) is 39.8 Å². The quantitative estimate of drug-likeness (QED) is 0.639. The van der Waals surface area contributed by atoms with Gasteiger partial charge in [-0.2, -0.15) is 0 Å². The van der Waals surface area contributed by atoms with Crippen LogP contribution in [0.5, 0.6) is 11.5 Å². The number of nitrogens with two attached hydrogens (primary N) is 1. The molecule has 0 radical (unpaired) electrons. The number of carbonyl (C=O) groups is 2. The summed E-state index contributed by atoms with van der Waals surface area (Å²) in [6, 6.07) is 5.44. The summed E-state index contributed by atoms with van der Waals surface area (Å²) in [6.45, 7) is 2.42. The van der Waals surface area contributed by atoms with E-state index in [0.717, 1.165) is 28.8 Å². The molecule has 1 amide bonds. The smallest absolute Gasteiger partial charge is 0.306 e. The monoisotopic (exact) mass is 418 g/mol. The summed E-state index contributed by atoms with van der Waals surface area (Å²) in [6.07, 6.45) is 1.92. The highest BCUT2D eigenvalue weighted by molar-refractivity contribution is 7.16. The fraction of sp³-hybridized carbons (Fsp3) is 0.429. The van der Waals surface area contributed by atoms with E-state index in [-0.39, 0.29) is 24.2 Å². The number of benzene rings is 1. The van der Waals surface area contributed by atoms with Crippen LogP contribution in [0.3, 0.4) is 0 Å². The van der Waals surface area contributed by atoms with Crippen LogP contribution < -0.4 is 20.5 Å². The van der Waals surface area contributed by atoms with Gasteiger partial charge in [-0.1, -0.05) is 0 Å². The van der Waals surface area contributed by atoms with Crippen molar-refractivity contribution in [3.8, 4) is 11.5 Å². The molecule has 7 nitrogen and oxygen atoms in total. The third kappa shape index (κ3) is 4.48. The highest BCUT2D eigenvalue weighted by Gasteiger charge is 2.33. The molecule has 1 aromatic carbocycles. The molecule has 1 aromatic heterocycles. The third-order valence-corrected chi connectivity index (χ3v) is 6.15. The summed E-state index contributed by atoms with van der Waals surface area (Å²) in [5, 5.41) is 3.42. The minimum absolute atomic E-state index is 0.0335. The molecule has 3 rings (SSSR count). The maximum Gasteiger partial charge on any atom is 0.306 e. The van der Waals surface area contributed by atoms with E-state index in [0.29, 0.717) is 35.2 Å². The van der Waals surface area contributed by atoms with Crippen molar-refractivity contribution in [2.24, 2.45) is 0 Å². The maximum atomic E-state index is 13.0. The molecule has 1 atom stereocenters. The fourth-order valence-corrected chi connectivity index (χ4v) is 4.87. The average Bonchev–Trinajstić information content (AvgIpc) is 3.24. The summed E-state index contributed by atoms with van der Waals surface area (Å²) < 4.78 is 15.7. The molecule has 8 heteroatoms. The van der Waals surface area contributed by atoms with Gasteiger partial charge >= 0.3 is 5.97 Å². The number of rotatable bonds is 8. The first-order valence-electron chi connectivity index (χ1n) is 9.54. The molecule has 0 saturated carbocycles. The van der Waals surface area contributed by atoms with Crippen LogP contribution >= 0.6 is 11.3 Å². The van der Waals surface area contributed by atoms with E-state index in [1.54, 1.807) is 27.2 Å². The van der Waals surface area contributed by atoms with Crippen molar-refractivity contribution in [1.82, 2.24) is 5.32 Å². The number of nitrogens with one attached hydrogen (secondary N) is 1. The normalized spacial score (nSPS) is 14.9. The van der Waals surface area contributed by atoms with Crippen LogP contribution in [-0.4, -0.2) is 32.7 Å². The minimum atomic E-state index is -0.246. The summed E-state index contributed by atoms with van der Waals surface area (Å²) >= 11 is 1.43. The molecule has 1 unspecified atom stereocenters. The Kier molecular flexibility index (Phi) is 6.64. The second-order valence-electron chi connectivity index (χ2n) is 6.78. The zero-order valence-corrected chi connectivity index (χ0v) is 17.7. The molecule has 2 aromatic rings. The zero-order valence-electron chi connectivity index (χ0n) is 16.9. The lowest BCUT2D eigenvalue weighted by atomic mass is 9.95. The van der Waals surface area contributed by atoms with Crippen molar-refractivity contribution in [3.63, 3.8) is 0 Å². The number of methoxy groups -OCH3 is 2. The first kappa shape index (κ1) is 21.0. The van der Waals surface area contributed by atoms with Crippen molar-refractivity contribution < 1.29 is 23.8 Å². The van der Waals surface area contributed by atoms with Gasteiger partial charge in [-0.25, -0.2) is 0 Å². The van der Waals surface area contributed by atoms with E-state index in [4.69, 9.17) is 19.9 Å². The number of hydrogen-bond donors (Lipinski definition) is 2. The molecule has 3 N–H and O–H groups in total. The number of ether oxygens (including phenoxy) is 3. The highest BCUT2D eigenvalue weighted by Crippen LogP contribution is 2.45. The number of esters is 1. The molecule has 1 heterocycles. The van der Waals surface area contributed by atoms with Crippen LogP contribution in [0.1, 0.15) is 52.0 Å². The number of hydrogen-bond acceptors (Lipinski definition) is 7. The molecular weight excluding hydrogens is 392 g/mol. The number of fused-ring (bicyclic) bond motifs is 1. The topological polar surface area (TPSA) is 99.9 Å². The molecule has 156 valence electrons. The van der Waals surface area contributed by atoms with E-state index in [1.807, 2.05) is 12.1 Å². The van der Waals surface area contributed by atoms with Gasteiger partial charge in [0.1, 0.15) is 11.5 Å². The SMILES string of the molecule is CCOC(=O)CC1CCc2sc(N)c(C(=O)NCc3ccc(OC)cc3OC)c21. The Labute approximate surface area is 174 Å². The van der Waals surface area contributed by atoms with E-state index in [9.17, 15) is 9.59 Å². The van der Waals surface area contributed by atoms with E-state index in [2.05, 4.69) is 5.32 Å². The van der Waals surface area contributed by atoms with Crippen LogP contribution in [-0.2, 0) is 22.5 Å². The minimum Gasteiger partial charge on any atom is -0.497 e. The average molecular weight is 419 g/mol. The van der Waals surface area contributed by atoms with Gasteiger partial charge in [-0.15, -0.1) is 11.3 Å². The molecule has 0 spiro atoms. The lowest BCUT2D eigenvalue weighted by Crippen LogP contribution is -2.25. The van der Waals surface area contributed by atoms with Gasteiger partial charge in [0.05, 0.1) is 37.8 Å². The molecule has 0 saturated heterocycles. The van der Waals surface area contributed by atoms with Crippen molar-refractivity contribution in [1.29, 1.82) is 0 Å². The molecular formula is C21H26N2O5S. The first-order valence-corrected chi connectivity index (χ1v) is 10.4. The second-order valence-corrected chi connectivity index (χ2v) is 7.92. The van der Waals surface area contributed by atoms with Crippen molar-refractivity contribution in [2.75, 3.05) is 26.6 Å². The predicted molar refractivity (Wildman–Crippen MR) is 112 cm³/mol. The summed E-state index contributed by atoms with van der Waals surface area (Å²) in [5.41, 5.74) is 8.39. The van der Waals surface area contributed by atoms with Gasteiger partial charge in [-0.05, 0) is 43.4 Å². The Morgan fingerprint density at radius 2 is 2.07 bits per heavy atom. The number of thiophene rings is 1. The first-order chi connectivity index (χ1) is 14.0. The van der Waals surface area contributed by atoms with E-state index < -0.39 is 0 Å². The maximum absolute atomic E-state index is 13.0. The zero-order chi connectivity index (χ0) is 21.0. The Balaban J connectivity index is 1.76. The number of carbonyl (C=O) groups excluding carboxylic acids is 2. The molecule has 0 aliphatic heterocycles. The molecule has 1 aliphatic carbocycles. The second kappa shape index (κ2) is 9.17. The summed E-state index contributed by atoms with van der Waals surface area (Å²) in [4.78, 5) is 26.0. The van der Waals surface area contributed by atoms with Crippen molar-refractivity contribution in [2.45, 2.75) is 38.6 Å². The number of nitrogen functional groups attached to an aromatic ring is 1. The lowest BCUT2D eigenvalue weighted by molar-refractivity contribution is -0.143. The number of aryl methyl sites for hydroxylation is 1. The molecule has 1 aliphatic rings. The van der Waals surface area contributed by atoms with E-state index in [1.165, 1.54) is 11.3 Å². The summed E-state index contributed by atoms with van der Waals surface area (Å²) in [7, 11) is 3.16. The van der Waals surface area contributed by atoms with Gasteiger partial charge in [0.2, 0.25) is 0 Å². The Morgan fingerprint density at radius 3 is 2.76 bits per heavy atom. The van der Waals surface area contributed by atoms with Crippen LogP contribution in [0.25, 0.3) is 0 Å². The fourth-order valence-electron chi connectivity index (χ4n) is 3.70. The lowest BCUT2D eigenvalue weighted by Gasteiger charge is -2.14. The largest absolute Gasteiger partial charge is 0.497 e. The number of amides is 1. The summed E-state index contributed by atoms with van der Waals surface area (Å²) in [5.74, 6) is 0.791. The highest BCUT2D eigenvalue weighted by atomic mass is 32.1. The van der Waals surface area contributed by atoms with Crippen LogP contribution in [0.4, 0.5) is 5.00 Å². The van der Waals surface area contributed by atoms with Gasteiger partial charge in [0.25, 0.3) is 5.91 Å². The molecule has 29 heavy (non-hydrogen) atoms. The Hall–Kier alpha value is -2.74. The molecule has 0 bridgehead atoms. The van der Waals surface area contributed by atoms with Crippen LogP contribution in [0.15, 0.2) is 18.2 Å². The van der Waals surface area contributed by atoms with Crippen LogP contribution in [0, 0.1) is 0 Å². The van der Waals surface area contributed by atoms with Crippen LogP contribution in [0.2, 0.25) is 0 Å². The molecule has 0 fully saturated rings. The standard InChI is InChI=1S/C21H26N2O5S/c1-4-28-17(24)9-12-6-8-16-18(12)19(20(22)29-16)21(25)23-11-13-5-7-14(26-2)10-15(13)27-3/h5,7,10,12H,4,6,8-9,11,22H2,1-3H3,(H,23,25). The van der Waals surface area contributed by atoms with Crippen molar-refractivity contribution >= 4 is 28.2 Å². The predicted octanol–water partition coefficient (Wildman–Crippen LogP) is 3.26. The van der Waals surface area contributed by atoms with Gasteiger partial charge in [0, 0.05) is 23.1 Å². The third-order valence-electron chi connectivity index (χ3n) is 5.06. The van der Waals surface area contributed by atoms with Gasteiger partial charge in [0.15, 0.2) is 0 Å². The van der Waals surface area contributed by atoms with Gasteiger partial charge < -0.3 is 25.3 Å². The number of anilines is 1. The Bertz CT molecular complexity index is 909. The van der Waals surface area contributed by atoms with Gasteiger partial charge in [-0.3, -0.25) is 9.59 Å². The van der Waals surface area contributed by atoms with E-state index >= 15 is 0 Å².